The van der Waals surface area contributed by atoms with Crippen LogP contribution in [-0.2, 0) is 20.1 Å². The third-order valence-electron chi connectivity index (χ3n) is 4.99. The molecule has 0 fully saturated rings. The van der Waals surface area contributed by atoms with Crippen molar-refractivity contribution in [2.75, 3.05) is 0 Å². The summed E-state index contributed by atoms with van der Waals surface area (Å²) in [5.41, 5.74) is 0.202. The predicted octanol–water partition coefficient (Wildman–Crippen LogP) is 2.28. The molecule has 2 N–H and O–H groups in total. The minimum atomic E-state index is -1.07. The van der Waals surface area contributed by atoms with Gasteiger partial charge in [-0.25, -0.2) is 13.6 Å². The van der Waals surface area contributed by atoms with Gasteiger partial charge >= 0.3 is 5.69 Å². The Hall–Kier alpha value is -4.01. The lowest BCUT2D eigenvalue weighted by atomic mass is 10.2. The van der Waals surface area contributed by atoms with Gasteiger partial charge in [-0.1, -0.05) is 36.4 Å². The second-order valence-corrected chi connectivity index (χ2v) is 7.09. The van der Waals surface area contributed by atoms with Gasteiger partial charge in [0.25, 0.3) is 11.5 Å². The molecule has 4 rings (SSSR count). The van der Waals surface area contributed by atoms with E-state index >= 15 is 0 Å². The Morgan fingerprint density at radius 3 is 2.45 bits per heavy atom. The lowest BCUT2D eigenvalue weighted by molar-refractivity contribution is 0.0946. The van der Waals surface area contributed by atoms with Gasteiger partial charge in [-0.3, -0.25) is 18.7 Å². The van der Waals surface area contributed by atoms with Crippen molar-refractivity contribution in [1.82, 2.24) is 19.4 Å². The van der Waals surface area contributed by atoms with E-state index < -0.39 is 28.8 Å². The molecule has 2 aromatic carbocycles. The molecular formula is C22H18F2N4O3. The van der Waals surface area contributed by atoms with Crippen molar-refractivity contribution in [1.29, 1.82) is 0 Å². The highest BCUT2D eigenvalue weighted by Gasteiger charge is 2.17. The summed E-state index contributed by atoms with van der Waals surface area (Å²) >= 11 is 0. The molecule has 9 heteroatoms. The molecule has 0 aliphatic heterocycles. The van der Waals surface area contributed by atoms with Crippen LogP contribution in [0.25, 0.3) is 11.0 Å². The highest BCUT2D eigenvalue weighted by Crippen LogP contribution is 2.12. The number of hydrogen-bond donors (Lipinski definition) is 2. The molecule has 7 nitrogen and oxygen atoms in total. The van der Waals surface area contributed by atoms with Crippen molar-refractivity contribution in [3.8, 4) is 0 Å². The molecule has 2 heterocycles. The van der Waals surface area contributed by atoms with E-state index in [2.05, 4.69) is 10.3 Å². The lowest BCUT2D eigenvalue weighted by Crippen LogP contribution is -2.39. The molecule has 0 radical (unpaired) electrons. The molecule has 0 aliphatic carbocycles. The third kappa shape index (κ3) is 3.89. The smallest absolute Gasteiger partial charge is 0.332 e. The standard InChI is InChI=1S/C22H18F2N4O3/c1-27-19-15(10-18(26-19)20(29)25-11-13-5-3-2-4-6-13)21(30)28(22(27)31)12-14-7-8-16(23)17(24)9-14/h2-10,26H,11-12H2,1H3,(H,25,29). The molecular weight excluding hydrogens is 406 g/mol. The normalized spacial score (nSPS) is 11.1. The van der Waals surface area contributed by atoms with E-state index in [-0.39, 0.29) is 28.8 Å². The van der Waals surface area contributed by atoms with Gasteiger partial charge in [-0.2, -0.15) is 0 Å². The van der Waals surface area contributed by atoms with Crippen molar-refractivity contribution in [3.63, 3.8) is 0 Å². The quantitative estimate of drug-likeness (QED) is 0.515. The fourth-order valence-electron chi connectivity index (χ4n) is 3.34. The van der Waals surface area contributed by atoms with Gasteiger partial charge < -0.3 is 10.3 Å². The summed E-state index contributed by atoms with van der Waals surface area (Å²) < 4.78 is 28.8. The maximum atomic E-state index is 13.5. The molecule has 31 heavy (non-hydrogen) atoms. The third-order valence-corrected chi connectivity index (χ3v) is 4.99. The number of aromatic nitrogens is 3. The van der Waals surface area contributed by atoms with Crippen LogP contribution >= 0.6 is 0 Å². The lowest BCUT2D eigenvalue weighted by Gasteiger charge is -2.09. The number of nitrogens with zero attached hydrogens (tertiary/aromatic N) is 2. The largest absolute Gasteiger partial charge is 0.347 e. The number of benzene rings is 2. The Balaban J connectivity index is 1.67. The van der Waals surface area contributed by atoms with Gasteiger partial charge in [-0.05, 0) is 29.3 Å². The zero-order valence-electron chi connectivity index (χ0n) is 16.5. The molecule has 4 aromatic rings. The molecule has 2 aromatic heterocycles. The highest BCUT2D eigenvalue weighted by atomic mass is 19.2. The molecule has 0 aliphatic rings. The van der Waals surface area contributed by atoms with Crippen LogP contribution in [0.15, 0.2) is 64.2 Å². The summed E-state index contributed by atoms with van der Waals surface area (Å²) in [7, 11) is 1.45. The van der Waals surface area contributed by atoms with Crippen LogP contribution in [0.5, 0.6) is 0 Å². The zero-order valence-corrected chi connectivity index (χ0v) is 16.5. The first-order valence-electron chi connectivity index (χ1n) is 9.43. The summed E-state index contributed by atoms with van der Waals surface area (Å²) in [6.45, 7) is 0.0632. The minimum absolute atomic E-state index is 0.128. The number of nitrogens with one attached hydrogen (secondary N) is 2. The number of H-pyrrole nitrogens is 1. The first-order chi connectivity index (χ1) is 14.8. The van der Waals surface area contributed by atoms with E-state index in [4.69, 9.17) is 0 Å². The number of amides is 1. The Morgan fingerprint density at radius 1 is 1.00 bits per heavy atom. The highest BCUT2D eigenvalue weighted by molar-refractivity contribution is 5.97. The Bertz CT molecular complexity index is 1400. The molecule has 0 saturated carbocycles. The van der Waals surface area contributed by atoms with Gasteiger partial charge in [0.2, 0.25) is 0 Å². The molecule has 0 saturated heterocycles. The fourth-order valence-corrected chi connectivity index (χ4v) is 3.34. The Labute approximate surface area is 174 Å². The summed E-state index contributed by atoms with van der Waals surface area (Å²) in [5.74, 6) is -2.52. The monoisotopic (exact) mass is 424 g/mol. The topological polar surface area (TPSA) is 88.9 Å². The fraction of sp³-hybridized carbons (Fsp3) is 0.136. The molecule has 0 bridgehead atoms. The van der Waals surface area contributed by atoms with Crippen LogP contribution in [0.4, 0.5) is 8.78 Å². The van der Waals surface area contributed by atoms with E-state index in [1.54, 1.807) is 0 Å². The SMILES string of the molecule is Cn1c(=O)n(Cc2ccc(F)c(F)c2)c(=O)c2cc(C(=O)NCc3ccccc3)[nH]c21. The van der Waals surface area contributed by atoms with Gasteiger partial charge in [0.05, 0.1) is 11.9 Å². The second kappa shape index (κ2) is 8.02. The number of carbonyl (C=O) groups excluding carboxylic acids is 1. The minimum Gasteiger partial charge on any atom is -0.347 e. The maximum absolute atomic E-state index is 13.5. The van der Waals surface area contributed by atoms with Crippen LogP contribution in [-0.4, -0.2) is 20.0 Å². The average Bonchev–Trinajstić information content (AvgIpc) is 3.23. The van der Waals surface area contributed by atoms with Gasteiger partial charge in [0, 0.05) is 13.6 Å². The van der Waals surface area contributed by atoms with Crippen molar-refractivity contribution in [3.05, 3.63) is 104 Å². The number of rotatable bonds is 5. The van der Waals surface area contributed by atoms with E-state index in [0.717, 1.165) is 22.3 Å². The number of aromatic amines is 1. The molecule has 0 atom stereocenters. The number of hydrogen-bond acceptors (Lipinski definition) is 3. The predicted molar refractivity (Wildman–Crippen MR) is 111 cm³/mol. The number of halogens is 2. The number of carbonyl (C=O) groups is 1. The van der Waals surface area contributed by atoms with Crippen LogP contribution in [0.2, 0.25) is 0 Å². The van der Waals surface area contributed by atoms with Crippen LogP contribution in [0, 0.1) is 11.6 Å². The Kier molecular flexibility index (Phi) is 5.24. The van der Waals surface area contributed by atoms with Crippen molar-refractivity contribution < 1.29 is 13.6 Å². The van der Waals surface area contributed by atoms with Crippen LogP contribution in [0.3, 0.4) is 0 Å². The van der Waals surface area contributed by atoms with Gasteiger partial charge in [0.15, 0.2) is 11.6 Å². The summed E-state index contributed by atoms with van der Waals surface area (Å²) in [6, 6.07) is 13.9. The molecule has 0 spiro atoms. The maximum Gasteiger partial charge on any atom is 0.332 e. The second-order valence-electron chi connectivity index (χ2n) is 7.09. The number of fused-ring (bicyclic) bond motifs is 1. The van der Waals surface area contributed by atoms with E-state index in [0.29, 0.717) is 6.54 Å². The summed E-state index contributed by atoms with van der Waals surface area (Å²) in [5, 5.41) is 2.89. The van der Waals surface area contributed by atoms with Crippen LogP contribution < -0.4 is 16.6 Å². The molecule has 1 amide bonds. The first kappa shape index (κ1) is 20.3. The summed E-state index contributed by atoms with van der Waals surface area (Å²) in [6.07, 6.45) is 0. The number of aryl methyl sites for hydroxylation is 1. The van der Waals surface area contributed by atoms with Crippen LogP contribution in [0.1, 0.15) is 21.6 Å². The first-order valence-corrected chi connectivity index (χ1v) is 9.43. The van der Waals surface area contributed by atoms with Crippen molar-refractivity contribution in [2.45, 2.75) is 13.1 Å². The Morgan fingerprint density at radius 2 is 1.74 bits per heavy atom. The van der Waals surface area contributed by atoms with Gasteiger partial charge in [0.1, 0.15) is 11.3 Å². The van der Waals surface area contributed by atoms with E-state index in [9.17, 15) is 23.2 Å². The zero-order chi connectivity index (χ0) is 22.1. The van der Waals surface area contributed by atoms with E-state index in [1.807, 2.05) is 30.3 Å². The average molecular weight is 424 g/mol. The summed E-state index contributed by atoms with van der Waals surface area (Å²) in [4.78, 5) is 40.9. The van der Waals surface area contributed by atoms with E-state index in [1.165, 1.54) is 23.7 Å². The van der Waals surface area contributed by atoms with Crippen molar-refractivity contribution in [2.24, 2.45) is 7.05 Å². The van der Waals surface area contributed by atoms with Crippen molar-refractivity contribution >= 4 is 16.9 Å². The molecule has 0 unspecified atom stereocenters. The molecule has 158 valence electrons. The van der Waals surface area contributed by atoms with Gasteiger partial charge in [-0.15, -0.1) is 0 Å².